The number of halogens is 5. The summed E-state index contributed by atoms with van der Waals surface area (Å²) in [5, 5.41) is 0. The lowest BCUT2D eigenvalue weighted by atomic mass is 9.88. The summed E-state index contributed by atoms with van der Waals surface area (Å²) in [7, 11) is 2.05. The van der Waals surface area contributed by atoms with Gasteiger partial charge in [0, 0.05) is 18.0 Å². The van der Waals surface area contributed by atoms with Gasteiger partial charge < -0.3 is 14.5 Å². The minimum atomic E-state index is -4.71. The Morgan fingerprint density at radius 3 is 2.44 bits per heavy atom. The third kappa shape index (κ3) is 5.71. The van der Waals surface area contributed by atoms with Crippen LogP contribution in [0.25, 0.3) is 11.3 Å². The van der Waals surface area contributed by atoms with Crippen LogP contribution in [0, 0.1) is 11.6 Å². The van der Waals surface area contributed by atoms with Crippen molar-refractivity contribution >= 4 is 5.69 Å². The van der Waals surface area contributed by atoms with E-state index in [1.54, 1.807) is 11.0 Å². The number of anilines is 1. The molecule has 208 valence electrons. The molecule has 0 unspecified atom stereocenters. The van der Waals surface area contributed by atoms with Crippen LogP contribution >= 0.6 is 0 Å². The fraction of sp³-hybridized carbons (Fsp3) is 0.448. The van der Waals surface area contributed by atoms with Crippen LogP contribution in [-0.4, -0.2) is 54.2 Å². The van der Waals surface area contributed by atoms with Gasteiger partial charge in [-0.1, -0.05) is 12.1 Å². The molecule has 3 heterocycles. The van der Waals surface area contributed by atoms with E-state index in [9.17, 15) is 17.6 Å². The van der Waals surface area contributed by atoms with Gasteiger partial charge in [0.05, 0.1) is 18.4 Å². The SMILES string of the molecule is CC(C)N1CCOc2c1cc(-c1nc(Cc3ccc(C4CCN(C)CC4)c(F)c3)ncc1F)cc2C(F)(F)F. The van der Waals surface area contributed by atoms with Gasteiger partial charge >= 0.3 is 6.18 Å². The molecule has 5 nitrogen and oxygen atoms in total. The molecule has 3 aromatic rings. The number of piperidine rings is 1. The van der Waals surface area contributed by atoms with E-state index in [4.69, 9.17) is 4.74 Å². The predicted molar refractivity (Wildman–Crippen MR) is 139 cm³/mol. The first-order valence-corrected chi connectivity index (χ1v) is 13.1. The lowest BCUT2D eigenvalue weighted by Gasteiger charge is -2.36. The molecule has 0 bridgehead atoms. The summed E-state index contributed by atoms with van der Waals surface area (Å²) in [6.07, 6.45) is -1.88. The highest BCUT2D eigenvalue weighted by Gasteiger charge is 2.39. The predicted octanol–water partition coefficient (Wildman–Crippen LogP) is 6.45. The van der Waals surface area contributed by atoms with Crippen molar-refractivity contribution in [2.24, 2.45) is 0 Å². The zero-order chi connectivity index (χ0) is 27.9. The van der Waals surface area contributed by atoms with E-state index in [0.717, 1.165) is 38.2 Å². The maximum Gasteiger partial charge on any atom is 0.420 e. The van der Waals surface area contributed by atoms with Gasteiger partial charge in [0.2, 0.25) is 0 Å². The Morgan fingerprint density at radius 1 is 1.03 bits per heavy atom. The highest BCUT2D eigenvalue weighted by molar-refractivity contribution is 5.75. The molecule has 0 spiro atoms. The monoisotopic (exact) mass is 546 g/mol. The number of fused-ring (bicyclic) bond motifs is 1. The van der Waals surface area contributed by atoms with E-state index in [1.807, 2.05) is 19.9 Å². The Morgan fingerprint density at radius 2 is 1.77 bits per heavy atom. The molecule has 1 fully saturated rings. The molecule has 0 amide bonds. The van der Waals surface area contributed by atoms with Gasteiger partial charge in [-0.05, 0) is 82.1 Å². The first kappa shape index (κ1) is 27.3. The molecular formula is C29H31F5N4O. The Kier molecular flexibility index (Phi) is 7.50. The van der Waals surface area contributed by atoms with Crippen molar-refractivity contribution in [3.05, 3.63) is 70.7 Å². The Hall–Kier alpha value is -3.27. The summed E-state index contributed by atoms with van der Waals surface area (Å²) in [5.41, 5.74) is 0.271. The summed E-state index contributed by atoms with van der Waals surface area (Å²) in [6, 6.07) is 7.29. The first-order chi connectivity index (χ1) is 18.5. The topological polar surface area (TPSA) is 41.5 Å². The van der Waals surface area contributed by atoms with E-state index in [2.05, 4.69) is 21.9 Å². The highest BCUT2D eigenvalue weighted by Crippen LogP contribution is 2.46. The Labute approximate surface area is 224 Å². The lowest BCUT2D eigenvalue weighted by molar-refractivity contribution is -0.139. The van der Waals surface area contributed by atoms with Crippen LogP contribution in [0.2, 0.25) is 0 Å². The van der Waals surface area contributed by atoms with Gasteiger partial charge in [-0.15, -0.1) is 0 Å². The van der Waals surface area contributed by atoms with Crippen molar-refractivity contribution < 1.29 is 26.7 Å². The fourth-order valence-corrected chi connectivity index (χ4v) is 5.43. The molecular weight excluding hydrogens is 515 g/mol. The second-order valence-corrected chi connectivity index (χ2v) is 10.6. The van der Waals surface area contributed by atoms with Crippen LogP contribution in [0.3, 0.4) is 0 Å². The quantitative estimate of drug-likeness (QED) is 0.344. The van der Waals surface area contributed by atoms with E-state index in [0.29, 0.717) is 17.7 Å². The van der Waals surface area contributed by atoms with E-state index in [-0.39, 0.29) is 59.3 Å². The number of ether oxygens (including phenoxy) is 1. The second kappa shape index (κ2) is 10.7. The van der Waals surface area contributed by atoms with Crippen LogP contribution < -0.4 is 9.64 Å². The summed E-state index contributed by atoms with van der Waals surface area (Å²) in [6.45, 7) is 6.09. The molecule has 1 aromatic heterocycles. The van der Waals surface area contributed by atoms with Crippen molar-refractivity contribution in [2.45, 2.75) is 51.2 Å². The Bertz CT molecular complexity index is 1350. The molecule has 5 rings (SSSR count). The molecule has 0 radical (unpaired) electrons. The minimum absolute atomic E-state index is 0.0258. The smallest absolute Gasteiger partial charge is 0.420 e. The van der Waals surface area contributed by atoms with Crippen molar-refractivity contribution in [1.29, 1.82) is 0 Å². The minimum Gasteiger partial charge on any atom is -0.489 e. The normalized spacial score (nSPS) is 16.9. The van der Waals surface area contributed by atoms with Gasteiger partial charge in [0.15, 0.2) is 11.6 Å². The summed E-state index contributed by atoms with van der Waals surface area (Å²) >= 11 is 0. The highest BCUT2D eigenvalue weighted by atomic mass is 19.4. The molecule has 0 saturated carbocycles. The maximum absolute atomic E-state index is 15.0. The molecule has 10 heteroatoms. The number of benzene rings is 2. The fourth-order valence-electron chi connectivity index (χ4n) is 5.43. The van der Waals surface area contributed by atoms with E-state index >= 15 is 4.39 Å². The van der Waals surface area contributed by atoms with Crippen molar-refractivity contribution in [3.8, 4) is 17.0 Å². The van der Waals surface area contributed by atoms with Crippen molar-refractivity contribution in [1.82, 2.24) is 14.9 Å². The number of aromatic nitrogens is 2. The van der Waals surface area contributed by atoms with Crippen LogP contribution in [0.5, 0.6) is 5.75 Å². The number of likely N-dealkylation sites (tertiary alicyclic amines) is 1. The zero-order valence-corrected chi connectivity index (χ0v) is 22.2. The molecule has 39 heavy (non-hydrogen) atoms. The van der Waals surface area contributed by atoms with Crippen LogP contribution in [-0.2, 0) is 12.6 Å². The molecule has 0 atom stereocenters. The average molecular weight is 547 g/mol. The van der Waals surface area contributed by atoms with E-state index < -0.39 is 17.6 Å². The standard InChI is InChI=1S/C29H31F5N4O/c1-17(2)38-10-11-39-28-22(29(32,33)34)14-20(15-25(28)38)27-24(31)16-35-26(36-27)13-18-4-5-21(23(30)12-18)19-6-8-37(3)9-7-19/h4-5,12,14-17,19H,6-11,13H2,1-3H3. The molecule has 2 aliphatic heterocycles. The van der Waals surface area contributed by atoms with Gasteiger partial charge in [0.25, 0.3) is 0 Å². The largest absolute Gasteiger partial charge is 0.489 e. The number of hydrogen-bond donors (Lipinski definition) is 0. The first-order valence-electron chi connectivity index (χ1n) is 13.1. The summed E-state index contributed by atoms with van der Waals surface area (Å²) in [5.74, 6) is -1.07. The van der Waals surface area contributed by atoms with Crippen molar-refractivity contribution in [3.63, 3.8) is 0 Å². The van der Waals surface area contributed by atoms with E-state index in [1.165, 1.54) is 12.1 Å². The van der Waals surface area contributed by atoms with Gasteiger partial charge in [-0.2, -0.15) is 13.2 Å². The third-order valence-corrected chi connectivity index (χ3v) is 7.54. The molecule has 2 aliphatic rings. The molecule has 2 aromatic carbocycles. The van der Waals surface area contributed by atoms with Crippen LogP contribution in [0.15, 0.2) is 36.5 Å². The van der Waals surface area contributed by atoms with Crippen molar-refractivity contribution in [2.75, 3.05) is 38.2 Å². The second-order valence-electron chi connectivity index (χ2n) is 10.6. The number of rotatable bonds is 5. The summed E-state index contributed by atoms with van der Waals surface area (Å²) < 4.78 is 77.5. The van der Waals surface area contributed by atoms with Gasteiger partial charge in [-0.25, -0.2) is 18.7 Å². The zero-order valence-electron chi connectivity index (χ0n) is 22.2. The van der Waals surface area contributed by atoms with Gasteiger partial charge in [-0.3, -0.25) is 0 Å². The Balaban J connectivity index is 1.47. The summed E-state index contributed by atoms with van der Waals surface area (Å²) in [4.78, 5) is 12.3. The molecule has 1 saturated heterocycles. The number of hydrogen-bond acceptors (Lipinski definition) is 5. The number of nitrogens with zero attached hydrogens (tertiary/aromatic N) is 4. The van der Waals surface area contributed by atoms with Gasteiger partial charge in [0.1, 0.15) is 29.5 Å². The average Bonchev–Trinajstić information content (AvgIpc) is 2.89. The molecule has 0 N–H and O–H groups in total. The lowest BCUT2D eigenvalue weighted by Crippen LogP contribution is -2.38. The number of alkyl halides is 3. The van der Waals surface area contributed by atoms with Crippen LogP contribution in [0.1, 0.15) is 55.1 Å². The maximum atomic E-state index is 15.0. The third-order valence-electron chi connectivity index (χ3n) is 7.54. The van der Waals surface area contributed by atoms with Crippen LogP contribution in [0.4, 0.5) is 27.6 Å². The molecule has 0 aliphatic carbocycles.